The van der Waals surface area contributed by atoms with E-state index in [4.69, 9.17) is 11.6 Å². The molecule has 7 heteroatoms. The van der Waals surface area contributed by atoms with Gasteiger partial charge in [-0.25, -0.2) is 4.98 Å². The van der Waals surface area contributed by atoms with Gasteiger partial charge in [0.2, 0.25) is 0 Å². The third-order valence-corrected chi connectivity index (χ3v) is 5.20. The maximum Gasteiger partial charge on any atom is 0.191 e. The number of halogens is 1. The Morgan fingerprint density at radius 2 is 1.96 bits per heavy atom. The molecule has 0 aliphatic carbocycles. The highest BCUT2D eigenvalue weighted by molar-refractivity contribution is 6.29. The fraction of sp³-hybridized carbons (Fsp3) is 0.684. The SMILES string of the molecule is CN=C(NCCc1ccc(Cl)nc1)NCC(C(C)C)N1CCN(C)CC1. The average Bonchev–Trinajstić information content (AvgIpc) is 2.63. The Hall–Kier alpha value is -1.37. The van der Waals surface area contributed by atoms with Crippen LogP contribution in [-0.4, -0.2) is 80.1 Å². The van der Waals surface area contributed by atoms with Crippen molar-refractivity contribution < 1.29 is 0 Å². The highest BCUT2D eigenvalue weighted by Crippen LogP contribution is 2.12. The van der Waals surface area contributed by atoms with Crippen LogP contribution in [0.15, 0.2) is 23.3 Å². The van der Waals surface area contributed by atoms with E-state index in [1.807, 2.05) is 25.4 Å². The average molecular weight is 381 g/mol. The van der Waals surface area contributed by atoms with Crippen molar-refractivity contribution in [1.29, 1.82) is 0 Å². The van der Waals surface area contributed by atoms with Gasteiger partial charge in [-0.05, 0) is 31.0 Å². The number of aliphatic imine (C=N–C) groups is 1. The Morgan fingerprint density at radius 3 is 2.54 bits per heavy atom. The molecule has 0 aromatic carbocycles. The highest BCUT2D eigenvalue weighted by Gasteiger charge is 2.24. The summed E-state index contributed by atoms with van der Waals surface area (Å²) in [6, 6.07) is 4.35. The molecule has 0 bridgehead atoms. The van der Waals surface area contributed by atoms with Crippen LogP contribution in [0.4, 0.5) is 0 Å². The molecule has 2 rings (SSSR count). The largest absolute Gasteiger partial charge is 0.356 e. The molecule has 146 valence electrons. The summed E-state index contributed by atoms with van der Waals surface area (Å²) in [5.74, 6) is 1.45. The van der Waals surface area contributed by atoms with Crippen molar-refractivity contribution in [1.82, 2.24) is 25.4 Å². The van der Waals surface area contributed by atoms with Gasteiger partial charge in [0, 0.05) is 58.6 Å². The molecule has 1 fully saturated rings. The lowest BCUT2D eigenvalue weighted by atomic mass is 10.0. The Balaban J connectivity index is 1.77. The minimum absolute atomic E-state index is 0.516. The molecule has 1 saturated heterocycles. The van der Waals surface area contributed by atoms with E-state index in [1.165, 1.54) is 0 Å². The second kappa shape index (κ2) is 10.7. The molecule has 1 aliphatic heterocycles. The van der Waals surface area contributed by atoms with Crippen LogP contribution in [0.2, 0.25) is 5.15 Å². The third-order valence-electron chi connectivity index (χ3n) is 4.97. The molecule has 26 heavy (non-hydrogen) atoms. The summed E-state index contributed by atoms with van der Waals surface area (Å²) in [6.45, 7) is 10.9. The monoisotopic (exact) mass is 380 g/mol. The van der Waals surface area contributed by atoms with E-state index < -0.39 is 0 Å². The first-order chi connectivity index (χ1) is 12.5. The molecular formula is C19H33ClN6. The number of likely N-dealkylation sites (N-methyl/N-ethyl adjacent to an activating group) is 1. The van der Waals surface area contributed by atoms with E-state index in [0.29, 0.717) is 17.1 Å². The van der Waals surface area contributed by atoms with E-state index in [1.54, 1.807) is 0 Å². The maximum atomic E-state index is 5.82. The number of hydrogen-bond acceptors (Lipinski definition) is 4. The second-order valence-electron chi connectivity index (χ2n) is 7.27. The van der Waals surface area contributed by atoms with Gasteiger partial charge >= 0.3 is 0 Å². The molecule has 2 heterocycles. The quantitative estimate of drug-likeness (QED) is 0.428. The molecular weight excluding hydrogens is 348 g/mol. The van der Waals surface area contributed by atoms with Crippen LogP contribution in [-0.2, 0) is 6.42 Å². The van der Waals surface area contributed by atoms with Crippen LogP contribution in [0, 0.1) is 5.92 Å². The van der Waals surface area contributed by atoms with Crippen LogP contribution in [0.25, 0.3) is 0 Å². The van der Waals surface area contributed by atoms with Gasteiger partial charge in [-0.1, -0.05) is 31.5 Å². The number of pyridine rings is 1. The number of guanidine groups is 1. The maximum absolute atomic E-state index is 5.82. The van der Waals surface area contributed by atoms with Crippen molar-refractivity contribution in [3.63, 3.8) is 0 Å². The minimum atomic E-state index is 0.516. The molecule has 1 atom stereocenters. The predicted molar refractivity (Wildman–Crippen MR) is 110 cm³/mol. The first-order valence-corrected chi connectivity index (χ1v) is 9.85. The van der Waals surface area contributed by atoms with Crippen LogP contribution < -0.4 is 10.6 Å². The summed E-state index contributed by atoms with van der Waals surface area (Å²) in [7, 11) is 4.02. The van der Waals surface area contributed by atoms with Crippen molar-refractivity contribution >= 4 is 17.6 Å². The van der Waals surface area contributed by atoms with Gasteiger partial charge in [-0.15, -0.1) is 0 Å². The molecule has 6 nitrogen and oxygen atoms in total. The number of rotatable bonds is 7. The molecule has 1 aliphatic rings. The fourth-order valence-corrected chi connectivity index (χ4v) is 3.35. The van der Waals surface area contributed by atoms with Crippen LogP contribution in [0.3, 0.4) is 0 Å². The topological polar surface area (TPSA) is 55.8 Å². The first-order valence-electron chi connectivity index (χ1n) is 9.47. The molecule has 0 saturated carbocycles. The van der Waals surface area contributed by atoms with E-state index in [0.717, 1.165) is 57.2 Å². The standard InChI is InChI=1S/C19H33ClN6/c1-15(2)17(26-11-9-25(4)10-12-26)14-24-19(21-3)22-8-7-16-5-6-18(20)23-13-16/h5-6,13,15,17H,7-12,14H2,1-4H3,(H2,21,22,24). The summed E-state index contributed by atoms with van der Waals surface area (Å²) < 4.78 is 0. The van der Waals surface area contributed by atoms with Crippen molar-refractivity contribution in [2.24, 2.45) is 10.9 Å². The summed E-state index contributed by atoms with van der Waals surface area (Å²) in [5, 5.41) is 7.42. The predicted octanol–water partition coefficient (Wildman–Crippen LogP) is 1.71. The molecule has 0 amide bonds. The molecule has 1 aromatic rings. The van der Waals surface area contributed by atoms with E-state index in [9.17, 15) is 0 Å². The summed E-state index contributed by atoms with van der Waals surface area (Å²) in [5.41, 5.74) is 1.16. The molecule has 0 radical (unpaired) electrons. The molecule has 1 aromatic heterocycles. The van der Waals surface area contributed by atoms with Gasteiger partial charge in [0.25, 0.3) is 0 Å². The van der Waals surface area contributed by atoms with E-state index >= 15 is 0 Å². The minimum Gasteiger partial charge on any atom is -0.356 e. The first kappa shape index (κ1) is 20.9. The Kier molecular flexibility index (Phi) is 8.62. The molecule has 2 N–H and O–H groups in total. The van der Waals surface area contributed by atoms with Gasteiger partial charge in [0.1, 0.15) is 5.15 Å². The van der Waals surface area contributed by atoms with Crippen molar-refractivity contribution in [3.05, 3.63) is 29.0 Å². The van der Waals surface area contributed by atoms with Crippen LogP contribution >= 0.6 is 11.6 Å². The summed E-state index contributed by atoms with van der Waals surface area (Å²) >= 11 is 5.82. The van der Waals surface area contributed by atoms with E-state index in [2.05, 4.69) is 51.3 Å². The Morgan fingerprint density at radius 1 is 1.23 bits per heavy atom. The van der Waals surface area contributed by atoms with Crippen molar-refractivity contribution in [2.45, 2.75) is 26.3 Å². The van der Waals surface area contributed by atoms with Crippen molar-refractivity contribution in [2.75, 3.05) is 53.4 Å². The molecule has 1 unspecified atom stereocenters. The third kappa shape index (κ3) is 6.74. The van der Waals surface area contributed by atoms with Crippen molar-refractivity contribution in [3.8, 4) is 0 Å². The molecule has 0 spiro atoms. The summed E-state index contributed by atoms with van der Waals surface area (Å²) in [6.07, 6.45) is 2.71. The van der Waals surface area contributed by atoms with Gasteiger partial charge < -0.3 is 15.5 Å². The van der Waals surface area contributed by atoms with E-state index in [-0.39, 0.29) is 0 Å². The summed E-state index contributed by atoms with van der Waals surface area (Å²) in [4.78, 5) is 13.5. The second-order valence-corrected chi connectivity index (χ2v) is 7.66. The Labute approximate surface area is 163 Å². The van der Waals surface area contributed by atoms with Gasteiger partial charge in [-0.3, -0.25) is 9.89 Å². The number of nitrogens with one attached hydrogen (secondary N) is 2. The fourth-order valence-electron chi connectivity index (χ4n) is 3.24. The van der Waals surface area contributed by atoms with Gasteiger partial charge in [0.15, 0.2) is 5.96 Å². The number of aromatic nitrogens is 1. The zero-order valence-electron chi connectivity index (χ0n) is 16.5. The normalized spacial score (nSPS) is 18.2. The lowest BCUT2D eigenvalue weighted by Crippen LogP contribution is -2.55. The lowest BCUT2D eigenvalue weighted by molar-refractivity contribution is 0.0900. The number of hydrogen-bond donors (Lipinski definition) is 2. The number of piperazine rings is 1. The van der Waals surface area contributed by atoms with Crippen LogP contribution in [0.1, 0.15) is 19.4 Å². The zero-order valence-corrected chi connectivity index (χ0v) is 17.3. The smallest absolute Gasteiger partial charge is 0.191 e. The lowest BCUT2D eigenvalue weighted by Gasteiger charge is -2.40. The number of nitrogens with zero attached hydrogens (tertiary/aromatic N) is 4. The zero-order chi connectivity index (χ0) is 18.9. The Bertz CT molecular complexity index is 552. The van der Waals surface area contributed by atoms with Gasteiger partial charge in [-0.2, -0.15) is 0 Å². The van der Waals surface area contributed by atoms with Gasteiger partial charge in [0.05, 0.1) is 0 Å². The van der Waals surface area contributed by atoms with Crippen LogP contribution in [0.5, 0.6) is 0 Å². The highest BCUT2D eigenvalue weighted by atomic mass is 35.5.